The standard InChI is InChI=1S/C23H26N2O9S/c26-13-11-19(23(31)32)25-21(28)17(15-6-2-1-3-7-15)8-4-5-12-24-35(33,34)16-9-10-20(27)18(14-16)22(29)30/h1-3,6-7,9-10,13-14,17,19,24,27H,4-5,8,11-12H2,(H,25,28)(H,29,30)(H,31,32)/t17?,19-/m0/s1. The van der Waals surface area contributed by atoms with Crippen LogP contribution in [0.3, 0.4) is 0 Å². The van der Waals surface area contributed by atoms with Crippen molar-refractivity contribution in [1.29, 1.82) is 0 Å². The van der Waals surface area contributed by atoms with Crippen molar-refractivity contribution in [3.63, 3.8) is 0 Å². The van der Waals surface area contributed by atoms with E-state index >= 15 is 0 Å². The highest BCUT2D eigenvalue weighted by atomic mass is 32.2. The Morgan fingerprint density at radius 1 is 1.00 bits per heavy atom. The van der Waals surface area contributed by atoms with E-state index < -0.39 is 51.1 Å². The fourth-order valence-electron chi connectivity index (χ4n) is 3.34. The third-order valence-electron chi connectivity index (χ3n) is 5.19. The minimum absolute atomic E-state index is 0.00235. The van der Waals surface area contributed by atoms with Crippen molar-refractivity contribution in [2.45, 2.75) is 42.5 Å². The molecule has 0 spiro atoms. The van der Waals surface area contributed by atoms with Crippen LogP contribution in [0.15, 0.2) is 53.4 Å². The number of unbranched alkanes of at least 4 members (excludes halogenated alkanes) is 1. The number of hydrogen-bond acceptors (Lipinski definition) is 7. The van der Waals surface area contributed by atoms with E-state index in [4.69, 9.17) is 5.11 Å². The molecular formula is C23H26N2O9S. The zero-order valence-corrected chi connectivity index (χ0v) is 19.4. The van der Waals surface area contributed by atoms with Crippen LogP contribution in [-0.4, -0.2) is 60.5 Å². The summed E-state index contributed by atoms with van der Waals surface area (Å²) in [7, 11) is -4.04. The number of phenols is 1. The topological polar surface area (TPSA) is 187 Å². The molecule has 1 unspecified atom stereocenters. The molecule has 35 heavy (non-hydrogen) atoms. The molecule has 0 fully saturated rings. The average molecular weight is 507 g/mol. The minimum atomic E-state index is -4.04. The van der Waals surface area contributed by atoms with Gasteiger partial charge in [0.05, 0.1) is 10.8 Å². The van der Waals surface area contributed by atoms with Crippen LogP contribution in [0.5, 0.6) is 5.75 Å². The van der Waals surface area contributed by atoms with Gasteiger partial charge in [-0.3, -0.25) is 4.79 Å². The maximum atomic E-state index is 12.8. The highest BCUT2D eigenvalue weighted by molar-refractivity contribution is 7.89. The fraction of sp³-hybridized carbons (Fsp3) is 0.304. The summed E-state index contributed by atoms with van der Waals surface area (Å²) in [4.78, 5) is 45.6. The Kier molecular flexibility index (Phi) is 9.91. The highest BCUT2D eigenvalue weighted by Crippen LogP contribution is 2.24. The minimum Gasteiger partial charge on any atom is -0.507 e. The molecule has 2 aromatic carbocycles. The lowest BCUT2D eigenvalue weighted by atomic mass is 9.92. The number of carboxylic acids is 2. The highest BCUT2D eigenvalue weighted by Gasteiger charge is 2.26. The quantitative estimate of drug-likeness (QED) is 0.187. The maximum Gasteiger partial charge on any atom is 0.339 e. The number of aromatic hydroxyl groups is 1. The molecule has 0 aromatic heterocycles. The van der Waals surface area contributed by atoms with Gasteiger partial charge in [0.1, 0.15) is 23.6 Å². The SMILES string of the molecule is O=CC[C@H](NC(=O)C(CCCCNS(=O)(=O)c1ccc(O)c(C(=O)O)c1)c1ccccc1)C(=O)O. The molecule has 0 aliphatic rings. The zero-order valence-electron chi connectivity index (χ0n) is 18.6. The predicted molar refractivity (Wildman–Crippen MR) is 124 cm³/mol. The number of aromatic carboxylic acids is 1. The molecule has 12 heteroatoms. The number of hydrogen-bond donors (Lipinski definition) is 5. The van der Waals surface area contributed by atoms with Gasteiger partial charge in [0.2, 0.25) is 15.9 Å². The van der Waals surface area contributed by atoms with E-state index in [0.717, 1.165) is 18.2 Å². The van der Waals surface area contributed by atoms with E-state index in [1.165, 1.54) is 0 Å². The van der Waals surface area contributed by atoms with E-state index in [2.05, 4.69) is 10.0 Å². The van der Waals surface area contributed by atoms with Gasteiger partial charge in [-0.15, -0.1) is 0 Å². The lowest BCUT2D eigenvalue weighted by Crippen LogP contribution is -2.43. The first-order valence-electron chi connectivity index (χ1n) is 10.6. The van der Waals surface area contributed by atoms with Gasteiger partial charge in [-0.25, -0.2) is 22.7 Å². The molecule has 2 atom stereocenters. The van der Waals surface area contributed by atoms with Crippen LogP contribution in [0.25, 0.3) is 0 Å². The second-order valence-electron chi connectivity index (χ2n) is 7.64. The van der Waals surface area contributed by atoms with E-state index in [1.807, 2.05) is 0 Å². The number of aldehydes is 1. The summed E-state index contributed by atoms with van der Waals surface area (Å²) < 4.78 is 27.3. The summed E-state index contributed by atoms with van der Waals surface area (Å²) >= 11 is 0. The van der Waals surface area contributed by atoms with Gasteiger partial charge in [0, 0.05) is 13.0 Å². The van der Waals surface area contributed by atoms with Gasteiger partial charge in [0.25, 0.3) is 0 Å². The first-order valence-corrected chi connectivity index (χ1v) is 12.1. The second-order valence-corrected chi connectivity index (χ2v) is 9.41. The molecule has 0 saturated heterocycles. The zero-order chi connectivity index (χ0) is 26.0. The normalized spacial score (nSPS) is 12.9. The lowest BCUT2D eigenvalue weighted by molar-refractivity contribution is -0.142. The Hall–Kier alpha value is -3.77. The van der Waals surface area contributed by atoms with Crippen molar-refractivity contribution < 1.29 is 42.9 Å². The van der Waals surface area contributed by atoms with Crippen molar-refractivity contribution in [1.82, 2.24) is 10.0 Å². The largest absolute Gasteiger partial charge is 0.507 e. The molecule has 2 aromatic rings. The first kappa shape index (κ1) is 27.5. The van der Waals surface area contributed by atoms with Crippen LogP contribution in [0.1, 0.15) is 47.5 Å². The second kappa shape index (κ2) is 12.6. The summed E-state index contributed by atoms with van der Waals surface area (Å²) in [6.07, 6.45) is 1.06. The Balaban J connectivity index is 2.00. The van der Waals surface area contributed by atoms with Gasteiger partial charge < -0.3 is 25.4 Å². The van der Waals surface area contributed by atoms with Crippen molar-refractivity contribution in [2.75, 3.05) is 6.54 Å². The fourth-order valence-corrected chi connectivity index (χ4v) is 4.44. The van der Waals surface area contributed by atoms with Gasteiger partial charge in [0.15, 0.2) is 0 Å². The van der Waals surface area contributed by atoms with E-state index in [9.17, 15) is 37.8 Å². The van der Waals surface area contributed by atoms with Crippen molar-refractivity contribution in [2.24, 2.45) is 0 Å². The van der Waals surface area contributed by atoms with Gasteiger partial charge >= 0.3 is 11.9 Å². The average Bonchev–Trinajstić information content (AvgIpc) is 2.81. The van der Waals surface area contributed by atoms with Crippen LogP contribution in [0.4, 0.5) is 0 Å². The summed E-state index contributed by atoms with van der Waals surface area (Å²) in [5.74, 6) is -4.62. The van der Waals surface area contributed by atoms with Crippen LogP contribution in [-0.2, 0) is 24.4 Å². The summed E-state index contributed by atoms with van der Waals surface area (Å²) in [6, 6.07) is 10.2. The third kappa shape index (κ3) is 7.90. The smallest absolute Gasteiger partial charge is 0.339 e. The molecule has 0 bridgehead atoms. The van der Waals surface area contributed by atoms with Gasteiger partial charge in [-0.1, -0.05) is 36.8 Å². The van der Waals surface area contributed by atoms with Crippen LogP contribution in [0, 0.1) is 0 Å². The molecule has 1 amide bonds. The Morgan fingerprint density at radius 3 is 2.29 bits per heavy atom. The van der Waals surface area contributed by atoms with Crippen LogP contribution in [0.2, 0.25) is 0 Å². The van der Waals surface area contributed by atoms with Crippen LogP contribution >= 0.6 is 0 Å². The maximum absolute atomic E-state index is 12.8. The van der Waals surface area contributed by atoms with Gasteiger partial charge in [-0.05, 0) is 36.6 Å². The summed E-state index contributed by atoms with van der Waals surface area (Å²) in [5, 5.41) is 30.2. The van der Waals surface area contributed by atoms with Crippen molar-refractivity contribution in [3.05, 3.63) is 59.7 Å². The number of aliphatic carboxylic acids is 1. The summed E-state index contributed by atoms with van der Waals surface area (Å²) in [6.45, 7) is -0.00235. The monoisotopic (exact) mass is 506 g/mol. The number of nitrogens with one attached hydrogen (secondary N) is 2. The molecule has 5 N–H and O–H groups in total. The molecule has 0 heterocycles. The molecule has 11 nitrogen and oxygen atoms in total. The Labute approximate surface area is 201 Å². The molecule has 0 aliphatic carbocycles. The number of rotatable bonds is 14. The molecule has 188 valence electrons. The van der Waals surface area contributed by atoms with E-state index in [1.54, 1.807) is 30.3 Å². The Bertz CT molecular complexity index is 1170. The number of carbonyl (C=O) groups excluding carboxylic acids is 2. The van der Waals surface area contributed by atoms with E-state index in [-0.39, 0.29) is 24.3 Å². The third-order valence-corrected chi connectivity index (χ3v) is 6.64. The number of carboxylic acid groups (broad SMARTS) is 2. The van der Waals surface area contributed by atoms with Crippen molar-refractivity contribution in [3.8, 4) is 5.75 Å². The first-order chi connectivity index (χ1) is 16.6. The molecule has 2 rings (SSSR count). The number of carbonyl (C=O) groups is 4. The Morgan fingerprint density at radius 2 is 1.69 bits per heavy atom. The van der Waals surface area contributed by atoms with E-state index in [0.29, 0.717) is 24.7 Å². The molecule has 0 radical (unpaired) electrons. The summed E-state index contributed by atoms with van der Waals surface area (Å²) in [5.41, 5.74) is 0.102. The number of amides is 1. The molecular weight excluding hydrogens is 480 g/mol. The lowest BCUT2D eigenvalue weighted by Gasteiger charge is -2.20. The van der Waals surface area contributed by atoms with Crippen molar-refractivity contribution >= 4 is 34.2 Å². The predicted octanol–water partition coefficient (Wildman–Crippen LogP) is 1.48. The van der Waals surface area contributed by atoms with Gasteiger partial charge in [-0.2, -0.15) is 0 Å². The van der Waals surface area contributed by atoms with Crippen LogP contribution < -0.4 is 10.0 Å². The molecule has 0 saturated carbocycles. The number of benzene rings is 2. The number of sulfonamides is 1. The molecule has 0 aliphatic heterocycles.